The van der Waals surface area contributed by atoms with Crippen LogP contribution < -0.4 is 15.4 Å². The summed E-state index contributed by atoms with van der Waals surface area (Å²) in [5.74, 6) is 0.552. The number of ether oxygens (including phenoxy) is 1. The van der Waals surface area contributed by atoms with E-state index in [4.69, 9.17) is 22.1 Å². The molecule has 2 amide bonds. The molecule has 1 aromatic carbocycles. The van der Waals surface area contributed by atoms with Crippen LogP contribution in [-0.4, -0.2) is 20.2 Å². The van der Waals surface area contributed by atoms with E-state index in [1.54, 1.807) is 25.2 Å². The first-order valence-corrected chi connectivity index (χ1v) is 4.30. The lowest BCUT2D eigenvalue weighted by molar-refractivity contribution is 0.255. The molecule has 0 radical (unpaired) electrons. The lowest BCUT2D eigenvalue weighted by Gasteiger charge is -2.17. The molecule has 1 rings (SSSR count). The number of anilines is 1. The summed E-state index contributed by atoms with van der Waals surface area (Å²) >= 11 is 5.79. The summed E-state index contributed by atoms with van der Waals surface area (Å²) in [6.45, 7) is 0. The average molecular weight is 215 g/mol. The minimum atomic E-state index is -0.564. The molecule has 0 atom stereocenters. The van der Waals surface area contributed by atoms with Crippen LogP contribution in [0.25, 0.3) is 0 Å². The molecule has 0 bridgehead atoms. The second kappa shape index (κ2) is 4.19. The van der Waals surface area contributed by atoms with E-state index in [9.17, 15) is 4.79 Å². The van der Waals surface area contributed by atoms with Crippen molar-refractivity contribution in [2.75, 3.05) is 19.1 Å². The number of nitrogens with zero attached hydrogens (tertiary/aromatic N) is 1. The van der Waals surface area contributed by atoms with Gasteiger partial charge in [0.2, 0.25) is 0 Å². The number of halogens is 1. The number of nitrogens with two attached hydrogens (primary N) is 1. The zero-order valence-corrected chi connectivity index (χ0v) is 8.71. The monoisotopic (exact) mass is 214 g/mol. The molecule has 0 aliphatic heterocycles. The van der Waals surface area contributed by atoms with Crippen LogP contribution in [0.2, 0.25) is 5.02 Å². The van der Waals surface area contributed by atoms with Gasteiger partial charge in [-0.2, -0.15) is 0 Å². The summed E-state index contributed by atoms with van der Waals surface area (Å²) in [7, 11) is 3.07. The van der Waals surface area contributed by atoms with Gasteiger partial charge in [0.25, 0.3) is 0 Å². The van der Waals surface area contributed by atoms with E-state index in [1.165, 1.54) is 12.0 Å². The van der Waals surface area contributed by atoms with Crippen LogP contribution in [0.5, 0.6) is 5.75 Å². The average Bonchev–Trinajstić information content (AvgIpc) is 2.16. The summed E-state index contributed by atoms with van der Waals surface area (Å²) in [6, 6.07) is 4.41. The molecule has 0 spiro atoms. The Balaban J connectivity index is 3.16. The molecule has 0 aliphatic rings. The van der Waals surface area contributed by atoms with Crippen molar-refractivity contribution >= 4 is 23.3 Å². The maximum absolute atomic E-state index is 10.9. The van der Waals surface area contributed by atoms with Crippen LogP contribution in [0.15, 0.2) is 18.2 Å². The van der Waals surface area contributed by atoms with E-state index in [-0.39, 0.29) is 0 Å². The first kappa shape index (κ1) is 10.7. The molecule has 0 heterocycles. The number of hydrogen-bond acceptors (Lipinski definition) is 2. The Morgan fingerprint density at radius 2 is 2.21 bits per heavy atom. The first-order valence-electron chi connectivity index (χ1n) is 3.93. The van der Waals surface area contributed by atoms with Crippen molar-refractivity contribution in [2.45, 2.75) is 0 Å². The Hall–Kier alpha value is -1.42. The van der Waals surface area contributed by atoms with Gasteiger partial charge in [-0.3, -0.25) is 4.90 Å². The molecule has 0 aromatic heterocycles. The minimum Gasteiger partial charge on any atom is -0.495 e. The van der Waals surface area contributed by atoms with Crippen molar-refractivity contribution in [1.29, 1.82) is 0 Å². The Bertz CT molecular complexity index is 355. The molecular formula is C9H11ClN2O2. The molecule has 0 aliphatic carbocycles. The van der Waals surface area contributed by atoms with Gasteiger partial charge in [0.15, 0.2) is 0 Å². The summed E-state index contributed by atoms with van der Waals surface area (Å²) in [5, 5.41) is 0.522. The van der Waals surface area contributed by atoms with Gasteiger partial charge in [-0.25, -0.2) is 4.79 Å². The molecule has 0 fully saturated rings. The van der Waals surface area contributed by atoms with Crippen LogP contribution in [0, 0.1) is 0 Å². The predicted octanol–water partition coefficient (Wildman–Crippen LogP) is 1.86. The van der Waals surface area contributed by atoms with Crippen molar-refractivity contribution in [2.24, 2.45) is 5.73 Å². The number of hydrogen-bond donors (Lipinski definition) is 1. The van der Waals surface area contributed by atoms with E-state index >= 15 is 0 Å². The molecular weight excluding hydrogens is 204 g/mol. The summed E-state index contributed by atoms with van der Waals surface area (Å²) in [5.41, 5.74) is 5.68. The number of primary amides is 1. The molecule has 76 valence electrons. The number of benzene rings is 1. The van der Waals surface area contributed by atoms with Gasteiger partial charge in [-0.05, 0) is 18.2 Å². The normalized spacial score (nSPS) is 9.64. The topological polar surface area (TPSA) is 55.6 Å². The molecule has 0 saturated heterocycles. The van der Waals surface area contributed by atoms with Gasteiger partial charge in [-0.15, -0.1) is 0 Å². The van der Waals surface area contributed by atoms with Crippen LogP contribution >= 0.6 is 11.6 Å². The van der Waals surface area contributed by atoms with Crippen molar-refractivity contribution in [1.82, 2.24) is 0 Å². The highest BCUT2D eigenvalue weighted by Crippen LogP contribution is 2.30. The molecule has 5 heteroatoms. The lowest BCUT2D eigenvalue weighted by atomic mass is 10.3. The molecule has 0 unspecified atom stereocenters. The van der Waals surface area contributed by atoms with Crippen LogP contribution in [0.4, 0.5) is 10.5 Å². The van der Waals surface area contributed by atoms with Gasteiger partial charge in [0, 0.05) is 12.1 Å². The SMILES string of the molecule is COc1ccc(Cl)cc1N(C)C(N)=O. The van der Waals surface area contributed by atoms with Crippen LogP contribution in [0.1, 0.15) is 0 Å². The predicted molar refractivity (Wildman–Crippen MR) is 56.0 cm³/mol. The third-order valence-electron chi connectivity index (χ3n) is 1.83. The maximum Gasteiger partial charge on any atom is 0.319 e. The Labute approximate surface area is 87.2 Å². The van der Waals surface area contributed by atoms with Crippen molar-refractivity contribution in [3.8, 4) is 5.75 Å². The van der Waals surface area contributed by atoms with E-state index in [2.05, 4.69) is 0 Å². The molecule has 1 aromatic rings. The van der Waals surface area contributed by atoms with E-state index in [0.717, 1.165) is 0 Å². The Kier molecular flexibility index (Phi) is 3.19. The highest BCUT2D eigenvalue weighted by molar-refractivity contribution is 6.31. The molecule has 4 nitrogen and oxygen atoms in total. The number of carbonyl (C=O) groups is 1. The van der Waals surface area contributed by atoms with Gasteiger partial charge >= 0.3 is 6.03 Å². The standard InChI is InChI=1S/C9H11ClN2O2/c1-12(9(11)13)7-5-6(10)3-4-8(7)14-2/h3-5H,1-2H3,(H2,11,13). The molecule has 0 saturated carbocycles. The summed E-state index contributed by atoms with van der Waals surface area (Å²) < 4.78 is 5.06. The fourth-order valence-electron chi connectivity index (χ4n) is 1.04. The first-order chi connectivity index (χ1) is 6.56. The van der Waals surface area contributed by atoms with E-state index in [1.807, 2.05) is 0 Å². The number of urea groups is 1. The third kappa shape index (κ3) is 2.09. The van der Waals surface area contributed by atoms with Crippen LogP contribution in [-0.2, 0) is 0 Å². The van der Waals surface area contributed by atoms with Crippen molar-refractivity contribution < 1.29 is 9.53 Å². The number of amides is 2. The van der Waals surface area contributed by atoms with E-state index in [0.29, 0.717) is 16.5 Å². The zero-order chi connectivity index (χ0) is 10.7. The van der Waals surface area contributed by atoms with Crippen LogP contribution in [0.3, 0.4) is 0 Å². The van der Waals surface area contributed by atoms with E-state index < -0.39 is 6.03 Å². The van der Waals surface area contributed by atoms with Gasteiger partial charge < -0.3 is 10.5 Å². The van der Waals surface area contributed by atoms with Gasteiger partial charge in [-0.1, -0.05) is 11.6 Å². The highest BCUT2D eigenvalue weighted by Gasteiger charge is 2.12. The van der Waals surface area contributed by atoms with Crippen molar-refractivity contribution in [3.05, 3.63) is 23.2 Å². The molecule has 2 N–H and O–H groups in total. The van der Waals surface area contributed by atoms with Gasteiger partial charge in [0.1, 0.15) is 5.75 Å². The quantitative estimate of drug-likeness (QED) is 0.817. The highest BCUT2D eigenvalue weighted by atomic mass is 35.5. The maximum atomic E-state index is 10.9. The fourth-order valence-corrected chi connectivity index (χ4v) is 1.21. The summed E-state index contributed by atoms with van der Waals surface area (Å²) in [6.07, 6.45) is 0. The lowest BCUT2D eigenvalue weighted by Crippen LogP contribution is -2.32. The fraction of sp³-hybridized carbons (Fsp3) is 0.222. The molecule has 14 heavy (non-hydrogen) atoms. The Morgan fingerprint density at radius 1 is 1.57 bits per heavy atom. The number of carbonyl (C=O) groups excluding carboxylic acids is 1. The number of rotatable bonds is 2. The smallest absolute Gasteiger partial charge is 0.319 e. The zero-order valence-electron chi connectivity index (χ0n) is 7.95. The van der Waals surface area contributed by atoms with Gasteiger partial charge in [0.05, 0.1) is 12.8 Å². The third-order valence-corrected chi connectivity index (χ3v) is 2.07. The number of methoxy groups -OCH3 is 1. The summed E-state index contributed by atoms with van der Waals surface area (Å²) in [4.78, 5) is 12.2. The Morgan fingerprint density at radius 3 is 2.71 bits per heavy atom. The second-order valence-electron chi connectivity index (χ2n) is 2.71. The minimum absolute atomic E-state index is 0.522. The second-order valence-corrected chi connectivity index (χ2v) is 3.15. The largest absolute Gasteiger partial charge is 0.495 e. The van der Waals surface area contributed by atoms with Crippen molar-refractivity contribution in [3.63, 3.8) is 0 Å².